The predicted molar refractivity (Wildman–Crippen MR) is 67.8 cm³/mol. The van der Waals surface area contributed by atoms with Gasteiger partial charge in [-0.05, 0) is 18.2 Å². The number of carbonyl (C=O) groups is 1. The van der Waals surface area contributed by atoms with Gasteiger partial charge >= 0.3 is 0 Å². The van der Waals surface area contributed by atoms with Crippen LogP contribution in [0.5, 0.6) is 0 Å². The Hall–Kier alpha value is -1.70. The number of hydrogen-bond acceptors (Lipinski definition) is 3. The van der Waals surface area contributed by atoms with Crippen LogP contribution in [0, 0.1) is 11.3 Å². The first-order valence-corrected chi connectivity index (χ1v) is 5.38. The fraction of sp³-hybridized carbons (Fsp3) is 0.0909. The zero-order valence-electron chi connectivity index (χ0n) is 8.92. The highest BCUT2D eigenvalue weighted by molar-refractivity contribution is 6.36. The predicted octanol–water partition coefficient (Wildman–Crippen LogP) is 2.56. The number of nitrogens with one attached hydrogen (secondary N) is 2. The minimum atomic E-state index is -0.536. The smallest absolute Gasteiger partial charge is 0.267 e. The number of anilines is 1. The maximum absolute atomic E-state index is 11.6. The van der Waals surface area contributed by atoms with E-state index < -0.39 is 5.91 Å². The van der Waals surface area contributed by atoms with Gasteiger partial charge in [-0.2, -0.15) is 5.26 Å². The molecule has 0 saturated carbocycles. The summed E-state index contributed by atoms with van der Waals surface area (Å²) in [6.45, 7) is 0. The molecule has 0 aliphatic carbocycles. The molecule has 0 radical (unpaired) electrons. The van der Waals surface area contributed by atoms with Crippen LogP contribution in [-0.4, -0.2) is 13.0 Å². The monoisotopic (exact) mass is 269 g/mol. The lowest BCUT2D eigenvalue weighted by molar-refractivity contribution is -0.112. The van der Waals surface area contributed by atoms with Crippen LogP contribution in [0.15, 0.2) is 30.0 Å². The molecule has 0 fully saturated rings. The van der Waals surface area contributed by atoms with Crippen molar-refractivity contribution in [3.05, 3.63) is 40.0 Å². The Balaban J connectivity index is 2.89. The molecule has 2 N–H and O–H groups in total. The lowest BCUT2D eigenvalue weighted by Crippen LogP contribution is -2.15. The van der Waals surface area contributed by atoms with E-state index in [4.69, 9.17) is 28.5 Å². The normalized spacial score (nSPS) is 10.6. The van der Waals surface area contributed by atoms with Crippen LogP contribution in [-0.2, 0) is 4.79 Å². The molecule has 4 nitrogen and oxygen atoms in total. The second-order valence-corrected chi connectivity index (χ2v) is 3.88. The van der Waals surface area contributed by atoms with Gasteiger partial charge in [-0.1, -0.05) is 23.2 Å². The van der Waals surface area contributed by atoms with E-state index in [0.717, 1.165) is 0 Å². The molecule has 1 aromatic carbocycles. The standard InChI is InChI=1S/C11H9Cl2N3O/c1-15-6-7(5-14)11(17)16-10-3-2-8(12)4-9(10)13/h2-4,6,15H,1H3,(H,16,17)/b7-6-. The minimum Gasteiger partial charge on any atom is -0.393 e. The molecule has 0 unspecified atom stereocenters. The van der Waals surface area contributed by atoms with E-state index in [-0.39, 0.29) is 5.57 Å². The van der Waals surface area contributed by atoms with Crippen LogP contribution < -0.4 is 10.6 Å². The first-order chi connectivity index (χ1) is 8.08. The summed E-state index contributed by atoms with van der Waals surface area (Å²) in [5.74, 6) is -0.536. The van der Waals surface area contributed by atoms with Gasteiger partial charge in [0.1, 0.15) is 11.6 Å². The van der Waals surface area contributed by atoms with Crippen molar-refractivity contribution in [2.24, 2.45) is 0 Å². The van der Waals surface area contributed by atoms with Crippen LogP contribution in [0.1, 0.15) is 0 Å². The molecule has 1 rings (SSSR count). The number of rotatable bonds is 3. The Morgan fingerprint density at radius 1 is 1.47 bits per heavy atom. The van der Waals surface area contributed by atoms with Gasteiger partial charge in [0.2, 0.25) is 0 Å². The topological polar surface area (TPSA) is 64.9 Å². The Kier molecular flexibility index (Phi) is 4.83. The SMILES string of the molecule is CN/C=C(/C#N)C(=O)Nc1ccc(Cl)cc1Cl. The lowest BCUT2D eigenvalue weighted by Gasteiger charge is -2.06. The number of amides is 1. The molecule has 17 heavy (non-hydrogen) atoms. The molecule has 0 atom stereocenters. The summed E-state index contributed by atoms with van der Waals surface area (Å²) < 4.78 is 0. The van der Waals surface area contributed by atoms with E-state index in [1.165, 1.54) is 12.3 Å². The number of nitrogens with zero attached hydrogens (tertiary/aromatic N) is 1. The van der Waals surface area contributed by atoms with Crippen LogP contribution in [0.3, 0.4) is 0 Å². The summed E-state index contributed by atoms with van der Waals surface area (Å²) in [6, 6.07) is 6.44. The summed E-state index contributed by atoms with van der Waals surface area (Å²) in [5, 5.41) is 14.7. The van der Waals surface area contributed by atoms with Crippen LogP contribution in [0.4, 0.5) is 5.69 Å². The molecular formula is C11H9Cl2N3O. The van der Waals surface area contributed by atoms with Crippen molar-refractivity contribution in [1.82, 2.24) is 5.32 Å². The van der Waals surface area contributed by atoms with E-state index >= 15 is 0 Å². The zero-order valence-corrected chi connectivity index (χ0v) is 10.4. The molecule has 1 amide bonds. The van der Waals surface area contributed by atoms with Crippen molar-refractivity contribution in [2.45, 2.75) is 0 Å². The second-order valence-electron chi connectivity index (χ2n) is 3.04. The highest BCUT2D eigenvalue weighted by Crippen LogP contribution is 2.25. The Morgan fingerprint density at radius 3 is 2.71 bits per heavy atom. The van der Waals surface area contributed by atoms with Gasteiger partial charge < -0.3 is 10.6 Å². The van der Waals surface area contributed by atoms with Gasteiger partial charge in [-0.15, -0.1) is 0 Å². The molecule has 0 aliphatic rings. The molecule has 6 heteroatoms. The Labute approximate surface area is 109 Å². The summed E-state index contributed by atoms with van der Waals surface area (Å²) >= 11 is 11.6. The number of hydrogen-bond donors (Lipinski definition) is 2. The Bertz CT molecular complexity index is 506. The third-order valence-corrected chi connectivity index (χ3v) is 2.38. The molecule has 0 spiro atoms. The van der Waals surface area contributed by atoms with Gasteiger partial charge in [0.05, 0.1) is 10.7 Å². The molecule has 0 bridgehead atoms. The minimum absolute atomic E-state index is 0.0430. The van der Waals surface area contributed by atoms with Gasteiger partial charge in [-0.3, -0.25) is 4.79 Å². The molecule has 0 saturated heterocycles. The van der Waals surface area contributed by atoms with Crippen molar-refractivity contribution in [3.63, 3.8) is 0 Å². The fourth-order valence-corrected chi connectivity index (χ4v) is 1.53. The third kappa shape index (κ3) is 3.66. The van der Waals surface area contributed by atoms with E-state index in [9.17, 15) is 4.79 Å². The van der Waals surface area contributed by atoms with Crippen molar-refractivity contribution in [3.8, 4) is 6.07 Å². The van der Waals surface area contributed by atoms with E-state index in [0.29, 0.717) is 15.7 Å². The first kappa shape index (κ1) is 13.4. The van der Waals surface area contributed by atoms with Gasteiger partial charge in [0, 0.05) is 18.3 Å². The lowest BCUT2D eigenvalue weighted by atomic mass is 10.2. The number of carbonyl (C=O) groups excluding carboxylic acids is 1. The molecular weight excluding hydrogens is 261 g/mol. The Morgan fingerprint density at radius 2 is 2.18 bits per heavy atom. The van der Waals surface area contributed by atoms with E-state index in [1.807, 2.05) is 0 Å². The largest absolute Gasteiger partial charge is 0.393 e. The fourth-order valence-electron chi connectivity index (χ4n) is 1.07. The average Bonchev–Trinajstić information content (AvgIpc) is 2.29. The van der Waals surface area contributed by atoms with E-state index in [1.54, 1.807) is 25.2 Å². The maximum Gasteiger partial charge on any atom is 0.267 e. The van der Waals surface area contributed by atoms with E-state index in [2.05, 4.69) is 10.6 Å². The van der Waals surface area contributed by atoms with Crippen molar-refractivity contribution in [1.29, 1.82) is 5.26 Å². The summed E-state index contributed by atoms with van der Waals surface area (Å²) in [7, 11) is 1.60. The molecule has 0 aliphatic heterocycles. The van der Waals surface area contributed by atoms with Crippen LogP contribution in [0.25, 0.3) is 0 Å². The van der Waals surface area contributed by atoms with Gasteiger partial charge in [0.15, 0.2) is 0 Å². The van der Waals surface area contributed by atoms with Crippen molar-refractivity contribution >= 4 is 34.8 Å². The van der Waals surface area contributed by atoms with Gasteiger partial charge in [0.25, 0.3) is 5.91 Å². The summed E-state index contributed by atoms with van der Waals surface area (Å²) in [4.78, 5) is 11.6. The number of halogens is 2. The molecule has 88 valence electrons. The third-order valence-electron chi connectivity index (χ3n) is 1.83. The molecule has 0 heterocycles. The quantitative estimate of drug-likeness (QED) is 0.655. The number of nitriles is 1. The highest BCUT2D eigenvalue weighted by Gasteiger charge is 2.10. The van der Waals surface area contributed by atoms with Crippen molar-refractivity contribution in [2.75, 3.05) is 12.4 Å². The molecule has 1 aromatic rings. The molecule has 0 aromatic heterocycles. The second kappa shape index (κ2) is 6.14. The van der Waals surface area contributed by atoms with Gasteiger partial charge in [-0.25, -0.2) is 0 Å². The maximum atomic E-state index is 11.6. The van der Waals surface area contributed by atoms with Crippen molar-refractivity contribution < 1.29 is 4.79 Å². The summed E-state index contributed by atoms with van der Waals surface area (Å²) in [6.07, 6.45) is 1.30. The zero-order chi connectivity index (χ0) is 12.8. The first-order valence-electron chi connectivity index (χ1n) is 4.62. The highest BCUT2D eigenvalue weighted by atomic mass is 35.5. The van der Waals surface area contributed by atoms with Crippen LogP contribution in [0.2, 0.25) is 10.0 Å². The summed E-state index contributed by atoms with van der Waals surface area (Å²) in [5.41, 5.74) is 0.358. The average molecular weight is 270 g/mol. The van der Waals surface area contributed by atoms with Crippen LogP contribution >= 0.6 is 23.2 Å². The number of benzene rings is 1.